The largest absolute Gasteiger partial charge is 0.412 e. The monoisotopic (exact) mass is 592 g/mol. The van der Waals surface area contributed by atoms with E-state index in [-0.39, 0.29) is 17.9 Å². The molecular weight excluding hydrogens is 565 g/mol. The van der Waals surface area contributed by atoms with Crippen molar-refractivity contribution >= 4 is 69.8 Å². The summed E-state index contributed by atoms with van der Waals surface area (Å²) in [6, 6.07) is 51.2. The van der Waals surface area contributed by atoms with Gasteiger partial charge in [0.15, 0.2) is 22.9 Å². The second kappa shape index (κ2) is 11.8. The summed E-state index contributed by atoms with van der Waals surface area (Å²) < 4.78 is 2.88. The Hall–Kier alpha value is -4.12. The smallest absolute Gasteiger partial charge is 0.187 e. The minimum Gasteiger partial charge on any atom is -0.412 e. The third kappa shape index (κ3) is 4.57. The lowest BCUT2D eigenvalue weighted by Crippen LogP contribution is -2.40. The van der Waals surface area contributed by atoms with E-state index in [9.17, 15) is 0 Å². The quantitative estimate of drug-likeness (QED) is 0.185. The Morgan fingerprint density at radius 1 is 0.585 bits per heavy atom. The fourth-order valence-corrected chi connectivity index (χ4v) is 10.6. The Morgan fingerprint density at radius 3 is 1.54 bits per heavy atom. The van der Waals surface area contributed by atoms with Crippen LogP contribution in [0.5, 0.6) is 0 Å². The lowest BCUT2D eigenvalue weighted by molar-refractivity contribution is 0.824. The number of aromatic amines is 1. The highest BCUT2D eigenvalue weighted by Crippen LogP contribution is 2.55. The number of nitrogens with zero attached hydrogens (tertiary/aromatic N) is 2. The molecule has 0 unspecified atom stereocenters. The van der Waals surface area contributed by atoms with Crippen LogP contribution in [-0.4, -0.2) is 19.8 Å². The number of hydrogen-bond acceptors (Lipinski definition) is 2. The van der Waals surface area contributed by atoms with E-state index in [0.717, 1.165) is 33.4 Å². The second-order valence-corrected chi connectivity index (χ2v) is 13.2. The van der Waals surface area contributed by atoms with Crippen LogP contribution in [0.1, 0.15) is 0 Å². The summed E-state index contributed by atoms with van der Waals surface area (Å²) >= 11 is 6.30. The molecule has 0 saturated heterocycles. The molecule has 0 radical (unpaired) electrons. The molecule has 0 spiro atoms. The number of halogens is 1. The maximum absolute atomic E-state index is 6.30. The lowest BCUT2D eigenvalue weighted by Gasteiger charge is -2.28. The number of hydrogen-bond donors (Lipinski definition) is 1. The van der Waals surface area contributed by atoms with Crippen molar-refractivity contribution in [2.24, 2.45) is 0 Å². The molecule has 0 atom stereocenters. The molecule has 0 fully saturated rings. The molecule has 0 aliphatic heterocycles. The number of nitrogens with one attached hydrogen (secondary N) is 1. The van der Waals surface area contributed by atoms with Crippen molar-refractivity contribution in [2.75, 3.05) is 0 Å². The molecule has 0 aliphatic rings. The first-order valence-corrected chi connectivity index (χ1v) is 15.1. The number of aromatic nitrogens is 3. The molecule has 5 aromatic carbocycles. The van der Waals surface area contributed by atoms with E-state index in [0.29, 0.717) is 4.64 Å². The Labute approximate surface area is 250 Å². The van der Waals surface area contributed by atoms with Crippen LogP contribution in [0.25, 0.3) is 28.1 Å². The van der Waals surface area contributed by atoms with Gasteiger partial charge in [0.2, 0.25) is 0 Å². The molecule has 3 N–H and O–H groups in total. The van der Waals surface area contributed by atoms with Crippen LogP contribution in [0.3, 0.4) is 0 Å². The fourth-order valence-electron chi connectivity index (χ4n) is 5.64. The highest BCUT2D eigenvalue weighted by molar-refractivity contribution is 8.02. The van der Waals surface area contributed by atoms with E-state index in [1.807, 2.05) is 18.2 Å². The first kappa shape index (κ1) is 28.4. The van der Waals surface area contributed by atoms with Crippen molar-refractivity contribution in [3.8, 4) is 11.4 Å². The maximum atomic E-state index is 6.30. The molecule has 202 valence electrons. The van der Waals surface area contributed by atoms with Gasteiger partial charge in [0.25, 0.3) is 0 Å². The molecule has 0 amide bonds. The average Bonchev–Trinajstić information content (AvgIpc) is 3.40. The van der Waals surface area contributed by atoms with Gasteiger partial charge in [-0.1, -0.05) is 109 Å². The predicted molar refractivity (Wildman–Crippen MR) is 179 cm³/mol. The van der Waals surface area contributed by atoms with Crippen LogP contribution in [0, 0.1) is 4.64 Å². The second-order valence-electron chi connectivity index (χ2n) is 9.46. The first-order chi connectivity index (χ1) is 19.3. The zero-order chi connectivity index (χ0) is 26.2. The van der Waals surface area contributed by atoms with Crippen LogP contribution >= 0.6 is 31.9 Å². The lowest BCUT2D eigenvalue weighted by atomic mass is 10.2. The van der Waals surface area contributed by atoms with Crippen LogP contribution in [-0.2, 0) is 0 Å². The van der Waals surface area contributed by atoms with Gasteiger partial charge in [-0.25, -0.2) is 4.98 Å². The molecule has 7 heteroatoms. The minimum absolute atomic E-state index is 0. The number of fused-ring (bicyclic) bond motifs is 3. The summed E-state index contributed by atoms with van der Waals surface area (Å²) in [6.07, 6.45) is 0. The number of H-pyrrole nitrogens is 1. The standard InChI is InChI=1S/C34H24N3PS.ClH.H2O/c39-34-31(33-35-29-23-13-14-24-30(29)37(33)32(36-34)25-15-5-1-6-16-25)38(26-17-7-2-8-18-26,27-19-9-3-10-20-27)28-21-11-4-12-22-28;;/h1-24H;1H;1H2/p+1. The van der Waals surface area contributed by atoms with Gasteiger partial charge < -0.3 is 10.5 Å². The van der Waals surface area contributed by atoms with E-state index < -0.39 is 7.26 Å². The number of imidazole rings is 1. The summed E-state index contributed by atoms with van der Waals surface area (Å²) in [7, 11) is -2.47. The van der Waals surface area contributed by atoms with Gasteiger partial charge in [-0.2, -0.15) is 0 Å². The molecule has 0 saturated carbocycles. The zero-order valence-electron chi connectivity index (χ0n) is 22.0. The van der Waals surface area contributed by atoms with Crippen molar-refractivity contribution in [1.29, 1.82) is 0 Å². The predicted octanol–water partition coefficient (Wildman–Crippen LogP) is 6.43. The summed E-state index contributed by atoms with van der Waals surface area (Å²) in [5, 5.41) is 4.78. The van der Waals surface area contributed by atoms with E-state index in [1.54, 1.807) is 0 Å². The average molecular weight is 593 g/mol. The van der Waals surface area contributed by atoms with Gasteiger partial charge in [0.1, 0.15) is 21.7 Å². The topological polar surface area (TPSA) is 64.6 Å². The van der Waals surface area contributed by atoms with E-state index >= 15 is 0 Å². The number of para-hydroxylation sites is 2. The van der Waals surface area contributed by atoms with Gasteiger partial charge in [-0.3, -0.25) is 4.40 Å². The molecule has 2 aromatic heterocycles. The minimum atomic E-state index is -2.47. The summed E-state index contributed by atoms with van der Waals surface area (Å²) in [5.41, 5.74) is 4.13. The molecule has 4 nitrogen and oxygen atoms in total. The molecule has 7 aromatic rings. The summed E-state index contributed by atoms with van der Waals surface area (Å²) in [5.74, 6) is 0.837. The van der Waals surface area contributed by atoms with Crippen molar-refractivity contribution in [3.63, 3.8) is 0 Å². The molecule has 41 heavy (non-hydrogen) atoms. The molecule has 2 heterocycles. The first-order valence-electron chi connectivity index (χ1n) is 12.9. The van der Waals surface area contributed by atoms with Crippen LogP contribution in [0.15, 0.2) is 146 Å². The highest BCUT2D eigenvalue weighted by Gasteiger charge is 2.51. The van der Waals surface area contributed by atoms with Gasteiger partial charge in [-0.05, 0) is 48.5 Å². The van der Waals surface area contributed by atoms with Crippen molar-refractivity contribution in [1.82, 2.24) is 14.4 Å². The van der Waals surface area contributed by atoms with Gasteiger partial charge in [0.05, 0.1) is 11.0 Å². The Morgan fingerprint density at radius 2 is 1.02 bits per heavy atom. The van der Waals surface area contributed by atoms with E-state index in [2.05, 4.69) is 137 Å². The van der Waals surface area contributed by atoms with Crippen LogP contribution < -0.4 is 21.2 Å². The van der Waals surface area contributed by atoms with Crippen molar-refractivity contribution in [3.05, 3.63) is 150 Å². The van der Waals surface area contributed by atoms with E-state index in [4.69, 9.17) is 17.2 Å². The summed E-state index contributed by atoms with van der Waals surface area (Å²) in [6.45, 7) is 0. The third-order valence-electron chi connectivity index (χ3n) is 7.27. The van der Waals surface area contributed by atoms with Gasteiger partial charge in [0, 0.05) is 5.56 Å². The third-order valence-corrected chi connectivity index (χ3v) is 12.0. The number of benzene rings is 5. The van der Waals surface area contributed by atoms with Crippen LogP contribution in [0.4, 0.5) is 0 Å². The van der Waals surface area contributed by atoms with Crippen LogP contribution in [0.2, 0.25) is 0 Å². The van der Waals surface area contributed by atoms with Gasteiger partial charge in [-0.15, -0.1) is 12.4 Å². The SMILES string of the molecule is Cl.O.S=c1nc(-c2ccccc2)n2c([nH]c3ccccc32)c1[P+](c1ccccc1)(c1ccccc1)c1ccccc1. The molecule has 0 bridgehead atoms. The Bertz CT molecular complexity index is 1880. The van der Waals surface area contributed by atoms with Gasteiger partial charge >= 0.3 is 0 Å². The van der Waals surface area contributed by atoms with Crippen molar-refractivity contribution in [2.45, 2.75) is 0 Å². The highest BCUT2D eigenvalue weighted by atomic mass is 35.5. The molecule has 7 rings (SSSR count). The Balaban J connectivity index is 0.00000169. The normalized spacial score (nSPS) is 11.1. The zero-order valence-corrected chi connectivity index (χ0v) is 24.5. The molecular formula is C34H28ClN3OPS+. The van der Waals surface area contributed by atoms with Crippen molar-refractivity contribution < 1.29 is 5.48 Å². The van der Waals surface area contributed by atoms with E-state index in [1.165, 1.54) is 15.9 Å². The maximum Gasteiger partial charge on any atom is 0.187 e. The molecule has 0 aliphatic carbocycles. The Kier molecular flexibility index (Phi) is 8.16. The fraction of sp³-hybridized carbons (Fsp3) is 0. The number of rotatable bonds is 5. The summed E-state index contributed by atoms with van der Waals surface area (Å²) in [4.78, 5) is 9.02.